The Morgan fingerprint density at radius 2 is 1.77 bits per heavy atom. The second-order valence-corrected chi connectivity index (χ2v) is 16.2. The van der Waals surface area contributed by atoms with Crippen molar-refractivity contribution in [2.75, 3.05) is 11.6 Å². The third-order valence-electron chi connectivity index (χ3n) is 7.15. The molecule has 1 heterocycles. The van der Waals surface area contributed by atoms with Crippen LogP contribution in [0.2, 0.25) is 0 Å². The Hall–Kier alpha value is -3.35. The summed E-state index contributed by atoms with van der Waals surface area (Å²) in [6, 6.07) is 14.2. The number of aromatic nitrogens is 1. The van der Waals surface area contributed by atoms with Crippen molar-refractivity contribution in [3.63, 3.8) is 0 Å². The first-order chi connectivity index (χ1) is 20.7. The molecule has 9 nitrogen and oxygen atoms in total. The second-order valence-electron chi connectivity index (χ2n) is 12.6. The third-order valence-corrected chi connectivity index (χ3v) is 10.8. The van der Waals surface area contributed by atoms with E-state index in [-0.39, 0.29) is 18.1 Å². The summed E-state index contributed by atoms with van der Waals surface area (Å²) in [6.07, 6.45) is 4.01. The van der Waals surface area contributed by atoms with E-state index in [1.165, 1.54) is 11.3 Å². The van der Waals surface area contributed by atoms with Gasteiger partial charge in [-0.15, -0.1) is 11.3 Å². The van der Waals surface area contributed by atoms with Crippen molar-refractivity contribution in [3.05, 3.63) is 65.0 Å². The van der Waals surface area contributed by atoms with Crippen LogP contribution in [0.4, 0.5) is 19.7 Å². The molecule has 1 aromatic heterocycles. The van der Waals surface area contributed by atoms with E-state index in [0.717, 1.165) is 31.2 Å². The lowest BCUT2D eigenvalue weighted by atomic mass is 9.86. The summed E-state index contributed by atoms with van der Waals surface area (Å²) in [5, 5.41) is 9.25. The highest BCUT2D eigenvalue weighted by molar-refractivity contribution is 8.00. The molecule has 1 aliphatic carbocycles. The Morgan fingerprint density at radius 1 is 1.09 bits per heavy atom. The Bertz CT molecular complexity index is 1500. The van der Waals surface area contributed by atoms with Crippen molar-refractivity contribution in [2.45, 2.75) is 95.3 Å². The summed E-state index contributed by atoms with van der Waals surface area (Å²) in [7, 11) is -3.24. The molecule has 4 N–H and O–H groups in total. The average molecular weight is 646 g/mol. The predicted octanol–water partition coefficient (Wildman–Crippen LogP) is 6.74. The summed E-state index contributed by atoms with van der Waals surface area (Å²) < 4.78 is 38.1. The molecule has 44 heavy (non-hydrogen) atoms. The molecular weight excluding hydrogens is 602 g/mol. The zero-order valence-electron chi connectivity index (χ0n) is 26.2. The summed E-state index contributed by atoms with van der Waals surface area (Å²) in [6.45, 7) is 9.72. The molecule has 0 unspecified atom stereocenters. The van der Waals surface area contributed by atoms with Crippen LogP contribution in [0, 0.1) is 5.95 Å². The van der Waals surface area contributed by atoms with E-state index in [4.69, 9.17) is 4.74 Å². The van der Waals surface area contributed by atoms with Crippen LogP contribution >= 0.6 is 11.3 Å². The quantitative estimate of drug-likeness (QED) is 0.165. The van der Waals surface area contributed by atoms with Gasteiger partial charge >= 0.3 is 12.1 Å². The molecule has 3 amide bonds. The number of nitrogens with zero attached hydrogens (tertiary/aromatic N) is 1. The van der Waals surface area contributed by atoms with Crippen LogP contribution in [-0.2, 0) is 21.4 Å². The van der Waals surface area contributed by atoms with Gasteiger partial charge in [0.2, 0.25) is 5.95 Å². The Balaban J connectivity index is 1.54. The van der Waals surface area contributed by atoms with Crippen molar-refractivity contribution in [1.82, 2.24) is 20.3 Å². The molecule has 0 saturated heterocycles. The van der Waals surface area contributed by atoms with Crippen LogP contribution in [0.1, 0.15) is 76.8 Å². The van der Waals surface area contributed by atoms with E-state index in [2.05, 4.69) is 25.7 Å². The highest BCUT2D eigenvalue weighted by Crippen LogP contribution is 2.42. The summed E-state index contributed by atoms with van der Waals surface area (Å²) in [5.41, 5.74) is 1.40. The molecule has 0 atom stereocenters. The Kier molecular flexibility index (Phi) is 10.8. The molecule has 0 aliphatic heterocycles. The topological polar surface area (TPSA) is 121 Å². The molecule has 12 heteroatoms. The smallest absolute Gasteiger partial charge is 0.407 e. The summed E-state index contributed by atoms with van der Waals surface area (Å²) in [5.74, 6) is -0.551. The van der Waals surface area contributed by atoms with Gasteiger partial charge in [0.25, 0.3) is 0 Å². The van der Waals surface area contributed by atoms with Gasteiger partial charge in [-0.2, -0.15) is 4.39 Å². The molecule has 1 fully saturated rings. The van der Waals surface area contributed by atoms with Crippen molar-refractivity contribution >= 4 is 39.3 Å². The first kappa shape index (κ1) is 33.5. The van der Waals surface area contributed by atoms with Gasteiger partial charge in [-0.1, -0.05) is 36.4 Å². The van der Waals surface area contributed by atoms with Gasteiger partial charge in [0.1, 0.15) is 0 Å². The number of halogens is 1. The number of alkyl carbamates (subject to hydrolysis) is 1. The van der Waals surface area contributed by atoms with Gasteiger partial charge in [0.15, 0.2) is 0 Å². The number of rotatable bonds is 9. The van der Waals surface area contributed by atoms with Crippen LogP contribution in [0.5, 0.6) is 0 Å². The van der Waals surface area contributed by atoms with Gasteiger partial charge in [0.05, 0.1) is 16.0 Å². The number of thiol groups is 1. The lowest BCUT2D eigenvalue weighted by molar-refractivity contribution is 0.109. The number of hydrogen-bond donors (Lipinski definition) is 5. The number of carbonyl (C=O) groups excluding carboxylic acids is 2. The fourth-order valence-electron chi connectivity index (χ4n) is 5.37. The number of anilines is 1. The minimum Gasteiger partial charge on any atom is -0.447 e. The van der Waals surface area contributed by atoms with Crippen LogP contribution in [0.3, 0.4) is 0 Å². The maximum Gasteiger partial charge on any atom is 0.407 e. The molecular formula is C32H44FN5O4S2. The molecule has 1 aliphatic rings. The first-order valence-electron chi connectivity index (χ1n) is 14.9. The average Bonchev–Trinajstić information content (AvgIpc) is 3.32. The minimum absolute atomic E-state index is 0.00719. The fraction of sp³-hybridized carbons (Fsp3) is 0.469. The van der Waals surface area contributed by atoms with Crippen molar-refractivity contribution in [1.29, 1.82) is 0 Å². The SMILES string of the molecule is CC(C)OC(=O)N[C@H]1CC[C@H](c2nc(F)c(-c3ccc(NC(=O)NCc4ccccc4)cc3[SH](C)(=O)NC(C)(C)C)s2)CC1. The monoisotopic (exact) mass is 645 g/mol. The lowest BCUT2D eigenvalue weighted by Gasteiger charge is -2.32. The van der Waals surface area contributed by atoms with Gasteiger partial charge in [0, 0.05) is 46.4 Å². The van der Waals surface area contributed by atoms with Crippen LogP contribution < -0.4 is 20.7 Å². The number of amides is 3. The largest absolute Gasteiger partial charge is 0.447 e. The van der Waals surface area contributed by atoms with E-state index >= 15 is 4.39 Å². The molecule has 1 saturated carbocycles. The van der Waals surface area contributed by atoms with Crippen LogP contribution in [0.25, 0.3) is 10.4 Å². The Labute approximate surface area is 264 Å². The zero-order valence-corrected chi connectivity index (χ0v) is 27.9. The van der Waals surface area contributed by atoms with Gasteiger partial charge in [-0.05, 0) is 88.1 Å². The third kappa shape index (κ3) is 9.33. The van der Waals surface area contributed by atoms with E-state index in [1.807, 2.05) is 51.1 Å². The zero-order chi connectivity index (χ0) is 32.1. The van der Waals surface area contributed by atoms with Gasteiger partial charge < -0.3 is 20.7 Å². The van der Waals surface area contributed by atoms with Crippen molar-refractivity contribution in [2.24, 2.45) is 0 Å². The summed E-state index contributed by atoms with van der Waals surface area (Å²) >= 11 is 1.27. The van der Waals surface area contributed by atoms with E-state index < -0.39 is 33.7 Å². The number of hydrogen-bond acceptors (Lipinski definition) is 6. The maximum absolute atomic E-state index is 15.5. The second kappa shape index (κ2) is 14.2. The minimum atomic E-state index is -3.24. The lowest BCUT2D eigenvalue weighted by Crippen LogP contribution is -2.44. The maximum atomic E-state index is 15.5. The van der Waals surface area contributed by atoms with Crippen molar-refractivity contribution < 1.29 is 22.9 Å². The Morgan fingerprint density at radius 3 is 2.41 bits per heavy atom. The van der Waals surface area contributed by atoms with Crippen LogP contribution in [-0.4, -0.2) is 45.3 Å². The number of ether oxygens (including phenoxy) is 1. The molecule has 4 rings (SSSR count). The van der Waals surface area contributed by atoms with E-state index in [9.17, 15) is 13.8 Å². The standard InChI is InChI=1S/C32H44FN5O4S2/c1-20(2)42-31(40)36-23-14-12-22(13-15-23)29-37-28(33)27(43-29)25-17-16-24(18-26(25)44(6,41)38-32(3,4)5)35-30(39)34-19-21-10-8-7-9-11-21/h7-11,16-18,20,22-23,44H,12-15,19H2,1-6H3,(H,36,40)(H,38,41)(H2,34,35,39)/t22-,23-. The highest BCUT2D eigenvalue weighted by Gasteiger charge is 2.30. The van der Waals surface area contributed by atoms with Gasteiger partial charge in [-0.3, -0.25) is 8.93 Å². The van der Waals surface area contributed by atoms with Crippen molar-refractivity contribution in [3.8, 4) is 10.4 Å². The molecule has 2 aromatic carbocycles. The number of urea groups is 1. The summed E-state index contributed by atoms with van der Waals surface area (Å²) in [4.78, 5) is 29.7. The number of nitrogens with one attached hydrogen (secondary N) is 4. The van der Waals surface area contributed by atoms with E-state index in [1.54, 1.807) is 38.3 Å². The number of benzene rings is 2. The molecule has 0 radical (unpaired) electrons. The molecule has 3 aromatic rings. The number of carbonyl (C=O) groups is 2. The predicted molar refractivity (Wildman–Crippen MR) is 176 cm³/mol. The number of thiazole rings is 1. The molecule has 240 valence electrons. The normalized spacial score (nSPS) is 17.6. The first-order valence-corrected chi connectivity index (χ1v) is 17.9. The molecule has 0 spiro atoms. The van der Waals surface area contributed by atoms with E-state index in [0.29, 0.717) is 32.6 Å². The fourth-order valence-corrected chi connectivity index (χ4v) is 9.03. The molecule has 0 bridgehead atoms. The van der Waals surface area contributed by atoms with Crippen LogP contribution in [0.15, 0.2) is 53.4 Å². The van der Waals surface area contributed by atoms with Gasteiger partial charge in [-0.25, -0.2) is 14.6 Å². The highest BCUT2D eigenvalue weighted by atomic mass is 32.3.